The number of carboxylic acids is 1. The highest BCUT2D eigenvalue weighted by atomic mass is 16.4. The minimum atomic E-state index is -0.951. The second-order valence-corrected chi connectivity index (χ2v) is 5.41. The largest absolute Gasteiger partial charge is 0.480 e. The molecule has 0 heterocycles. The van der Waals surface area contributed by atoms with Gasteiger partial charge in [-0.1, -0.05) is 0 Å². The van der Waals surface area contributed by atoms with Crippen molar-refractivity contribution < 1.29 is 14.7 Å². The summed E-state index contributed by atoms with van der Waals surface area (Å²) in [5.41, 5.74) is 5.63. The van der Waals surface area contributed by atoms with E-state index in [1.165, 1.54) is 4.90 Å². The Kier molecular flexibility index (Phi) is 5.59. The van der Waals surface area contributed by atoms with E-state index in [9.17, 15) is 9.59 Å². The average Bonchev–Trinajstić information content (AvgIpc) is 2.34. The van der Waals surface area contributed by atoms with E-state index in [1.807, 2.05) is 13.8 Å². The van der Waals surface area contributed by atoms with Crippen molar-refractivity contribution in [2.75, 3.05) is 13.1 Å². The molecule has 18 heavy (non-hydrogen) atoms. The van der Waals surface area contributed by atoms with Crippen molar-refractivity contribution in [2.24, 2.45) is 17.6 Å². The first-order valence-electron chi connectivity index (χ1n) is 6.68. The highest BCUT2D eigenvalue weighted by Gasteiger charge is 2.30. The van der Waals surface area contributed by atoms with Gasteiger partial charge in [0.1, 0.15) is 6.54 Å². The molecular formula is C13H24N2O3. The Morgan fingerprint density at radius 3 is 2.22 bits per heavy atom. The molecule has 5 heteroatoms. The molecule has 1 aliphatic rings. The number of nitrogens with zero attached hydrogens (tertiary/aromatic N) is 1. The van der Waals surface area contributed by atoms with Gasteiger partial charge in [-0.15, -0.1) is 0 Å². The summed E-state index contributed by atoms with van der Waals surface area (Å²) in [5.74, 6) is -0.453. The molecule has 1 saturated carbocycles. The van der Waals surface area contributed by atoms with Crippen molar-refractivity contribution in [1.29, 1.82) is 0 Å². The lowest BCUT2D eigenvalue weighted by Crippen LogP contribution is -2.44. The fourth-order valence-electron chi connectivity index (χ4n) is 2.54. The van der Waals surface area contributed by atoms with Crippen LogP contribution in [-0.2, 0) is 9.59 Å². The Morgan fingerprint density at radius 1 is 1.28 bits per heavy atom. The summed E-state index contributed by atoms with van der Waals surface area (Å²) < 4.78 is 0. The molecule has 0 atom stereocenters. The molecule has 0 radical (unpaired) electrons. The quantitative estimate of drug-likeness (QED) is 0.770. The molecule has 0 aromatic heterocycles. The second kappa shape index (κ2) is 6.73. The fraction of sp³-hybridized carbons (Fsp3) is 0.846. The van der Waals surface area contributed by atoms with E-state index in [2.05, 4.69) is 0 Å². The third kappa shape index (κ3) is 3.98. The summed E-state index contributed by atoms with van der Waals surface area (Å²) in [6.45, 7) is 4.19. The van der Waals surface area contributed by atoms with Gasteiger partial charge in [0.15, 0.2) is 0 Å². The van der Waals surface area contributed by atoms with E-state index < -0.39 is 5.97 Å². The smallest absolute Gasteiger partial charge is 0.323 e. The number of amides is 1. The number of carbonyl (C=O) groups excluding carboxylic acids is 1. The molecule has 0 bridgehead atoms. The summed E-state index contributed by atoms with van der Waals surface area (Å²) >= 11 is 0. The van der Waals surface area contributed by atoms with Crippen LogP contribution in [0.1, 0.15) is 39.5 Å². The first-order valence-corrected chi connectivity index (χ1v) is 6.68. The summed E-state index contributed by atoms with van der Waals surface area (Å²) in [5, 5.41) is 8.85. The fourth-order valence-corrected chi connectivity index (χ4v) is 2.54. The first kappa shape index (κ1) is 15.0. The normalized spacial score (nSPS) is 24.0. The number of aliphatic carboxylic acids is 1. The summed E-state index contributed by atoms with van der Waals surface area (Å²) in [6, 6.07) is -0.0687. The van der Waals surface area contributed by atoms with Gasteiger partial charge in [-0.25, -0.2) is 0 Å². The maximum Gasteiger partial charge on any atom is 0.323 e. The number of nitrogens with two attached hydrogens (primary N) is 1. The third-order valence-electron chi connectivity index (χ3n) is 3.74. The molecule has 0 aromatic carbocycles. The Balaban J connectivity index is 2.58. The van der Waals surface area contributed by atoms with Gasteiger partial charge in [-0.2, -0.15) is 0 Å². The van der Waals surface area contributed by atoms with Gasteiger partial charge in [0.05, 0.1) is 0 Å². The van der Waals surface area contributed by atoms with Crippen LogP contribution in [0, 0.1) is 11.8 Å². The van der Waals surface area contributed by atoms with Crippen molar-refractivity contribution in [2.45, 2.75) is 45.6 Å². The van der Waals surface area contributed by atoms with Crippen molar-refractivity contribution >= 4 is 11.9 Å². The maximum atomic E-state index is 12.3. The van der Waals surface area contributed by atoms with Crippen LogP contribution in [0.3, 0.4) is 0 Å². The Hall–Kier alpha value is -1.10. The highest BCUT2D eigenvalue weighted by Crippen LogP contribution is 2.29. The van der Waals surface area contributed by atoms with Gasteiger partial charge in [-0.05, 0) is 52.0 Å². The van der Waals surface area contributed by atoms with Crippen LogP contribution in [0.5, 0.6) is 0 Å². The molecule has 1 amide bonds. The monoisotopic (exact) mass is 256 g/mol. The van der Waals surface area contributed by atoms with Crippen LogP contribution in [-0.4, -0.2) is 41.0 Å². The maximum absolute atomic E-state index is 12.3. The van der Waals surface area contributed by atoms with Crippen LogP contribution in [0.25, 0.3) is 0 Å². The summed E-state index contributed by atoms with van der Waals surface area (Å²) in [7, 11) is 0. The predicted octanol–water partition coefficient (Wildman–Crippen LogP) is 1.07. The Morgan fingerprint density at radius 2 is 1.83 bits per heavy atom. The van der Waals surface area contributed by atoms with Gasteiger partial charge < -0.3 is 15.7 Å². The van der Waals surface area contributed by atoms with Crippen molar-refractivity contribution in [1.82, 2.24) is 4.90 Å². The molecule has 1 fully saturated rings. The van der Waals surface area contributed by atoms with Crippen LogP contribution < -0.4 is 5.73 Å². The van der Waals surface area contributed by atoms with E-state index in [1.54, 1.807) is 0 Å². The van der Waals surface area contributed by atoms with Crippen LogP contribution in [0.2, 0.25) is 0 Å². The average molecular weight is 256 g/mol. The lowest BCUT2D eigenvalue weighted by molar-refractivity contribution is -0.148. The van der Waals surface area contributed by atoms with Gasteiger partial charge in [0.25, 0.3) is 0 Å². The zero-order valence-corrected chi connectivity index (χ0v) is 11.3. The second-order valence-electron chi connectivity index (χ2n) is 5.41. The molecule has 1 rings (SSSR count). The number of hydrogen-bond donors (Lipinski definition) is 2. The zero-order chi connectivity index (χ0) is 13.7. The van der Waals surface area contributed by atoms with Gasteiger partial charge >= 0.3 is 5.97 Å². The molecule has 104 valence electrons. The van der Waals surface area contributed by atoms with Gasteiger partial charge in [-0.3, -0.25) is 9.59 Å². The zero-order valence-electron chi connectivity index (χ0n) is 11.3. The summed E-state index contributed by atoms with van der Waals surface area (Å²) in [6.07, 6.45) is 3.63. The Labute approximate surface area is 108 Å². The van der Waals surface area contributed by atoms with Gasteiger partial charge in [0.2, 0.25) is 5.91 Å². The van der Waals surface area contributed by atoms with Crippen LogP contribution >= 0.6 is 0 Å². The number of carbonyl (C=O) groups is 2. The molecular weight excluding hydrogens is 232 g/mol. The molecule has 0 spiro atoms. The molecule has 3 N–H and O–H groups in total. The molecule has 0 aliphatic heterocycles. The number of carboxylic acid groups (broad SMARTS) is 1. The van der Waals surface area contributed by atoms with Crippen molar-refractivity contribution in [3.63, 3.8) is 0 Å². The highest BCUT2D eigenvalue weighted by molar-refractivity contribution is 5.83. The molecule has 0 unspecified atom stereocenters. The van der Waals surface area contributed by atoms with Gasteiger partial charge in [0, 0.05) is 12.0 Å². The molecule has 0 aromatic rings. The Bertz CT molecular complexity index is 297. The minimum absolute atomic E-state index is 0.0112. The standard InChI is InChI=1S/C13H24N2O3/c1-9(2)15(8-12(16)17)13(18)11-5-3-10(7-14)4-6-11/h9-11H,3-8,14H2,1-2H3,(H,16,17). The lowest BCUT2D eigenvalue weighted by atomic mass is 9.81. The predicted molar refractivity (Wildman–Crippen MR) is 69.0 cm³/mol. The topological polar surface area (TPSA) is 83.6 Å². The SMILES string of the molecule is CC(C)N(CC(=O)O)C(=O)C1CCC(CN)CC1. The van der Waals surface area contributed by atoms with E-state index in [-0.39, 0.29) is 24.4 Å². The van der Waals surface area contributed by atoms with Crippen LogP contribution in [0.15, 0.2) is 0 Å². The van der Waals surface area contributed by atoms with E-state index in [0.29, 0.717) is 12.5 Å². The molecule has 0 saturated heterocycles. The third-order valence-corrected chi connectivity index (χ3v) is 3.74. The lowest BCUT2D eigenvalue weighted by Gasteiger charge is -2.33. The molecule has 1 aliphatic carbocycles. The van der Waals surface area contributed by atoms with E-state index >= 15 is 0 Å². The van der Waals surface area contributed by atoms with Crippen LogP contribution in [0.4, 0.5) is 0 Å². The minimum Gasteiger partial charge on any atom is -0.480 e. The number of hydrogen-bond acceptors (Lipinski definition) is 3. The van der Waals surface area contributed by atoms with Crippen molar-refractivity contribution in [3.8, 4) is 0 Å². The van der Waals surface area contributed by atoms with Crippen molar-refractivity contribution in [3.05, 3.63) is 0 Å². The first-order chi connectivity index (χ1) is 8.45. The molecule has 5 nitrogen and oxygen atoms in total. The summed E-state index contributed by atoms with van der Waals surface area (Å²) in [4.78, 5) is 24.6. The van der Waals surface area contributed by atoms with E-state index in [0.717, 1.165) is 25.7 Å². The van der Waals surface area contributed by atoms with E-state index in [4.69, 9.17) is 10.8 Å². The number of rotatable bonds is 5.